The van der Waals surface area contributed by atoms with Gasteiger partial charge in [0, 0.05) is 24.7 Å². The lowest BCUT2D eigenvalue weighted by Gasteiger charge is -2.29. The van der Waals surface area contributed by atoms with Crippen molar-refractivity contribution in [3.63, 3.8) is 0 Å². The maximum absolute atomic E-state index is 12.4. The van der Waals surface area contributed by atoms with Gasteiger partial charge in [-0.05, 0) is 56.0 Å². The highest BCUT2D eigenvalue weighted by Gasteiger charge is 2.25. The molecule has 1 unspecified atom stereocenters. The van der Waals surface area contributed by atoms with E-state index in [1.54, 1.807) is 12.1 Å². The van der Waals surface area contributed by atoms with Gasteiger partial charge in [0.1, 0.15) is 0 Å². The molecule has 1 aromatic rings. The molecule has 1 saturated heterocycles. The zero-order valence-corrected chi connectivity index (χ0v) is 14.2. The maximum atomic E-state index is 12.4. The number of carbonyl (C=O) groups excluding carboxylic acids is 1. The van der Waals surface area contributed by atoms with E-state index >= 15 is 0 Å². The molecule has 2 aliphatic rings. The van der Waals surface area contributed by atoms with Gasteiger partial charge in [-0.2, -0.15) is 0 Å². The summed E-state index contributed by atoms with van der Waals surface area (Å²) in [6.45, 7) is 2.32. The van der Waals surface area contributed by atoms with Crippen molar-refractivity contribution in [2.45, 2.75) is 31.7 Å². The number of fused-ring (bicyclic) bond motifs is 1. The van der Waals surface area contributed by atoms with Crippen LogP contribution in [0.2, 0.25) is 0 Å². The predicted octanol–water partition coefficient (Wildman–Crippen LogP) is 0.881. The number of amides is 1. The maximum Gasteiger partial charge on any atom is 0.251 e. The van der Waals surface area contributed by atoms with E-state index in [1.807, 2.05) is 6.07 Å². The van der Waals surface area contributed by atoms with Gasteiger partial charge in [0.05, 0.1) is 11.9 Å². The first-order valence-electron chi connectivity index (χ1n) is 8.07. The number of sulfonamides is 1. The van der Waals surface area contributed by atoms with Gasteiger partial charge in [-0.3, -0.25) is 9.10 Å². The van der Waals surface area contributed by atoms with Crippen LogP contribution in [0, 0.1) is 0 Å². The largest absolute Gasteiger partial charge is 0.348 e. The Labute approximate surface area is 137 Å². The monoisotopic (exact) mass is 337 g/mol. The molecule has 0 radical (unpaired) electrons. The van der Waals surface area contributed by atoms with Crippen LogP contribution in [-0.4, -0.2) is 46.3 Å². The molecule has 0 bridgehead atoms. The highest BCUT2D eigenvalue weighted by Crippen LogP contribution is 2.29. The standard InChI is InChI=1S/C16H23N3O3S/c1-23(21,22)19-9-3-4-12-10-13(6-7-15(12)19)16(20)18-14-5-2-8-17-11-14/h6-7,10,14,17H,2-5,8-9,11H2,1H3,(H,18,20). The van der Waals surface area contributed by atoms with Gasteiger partial charge in [-0.25, -0.2) is 8.42 Å². The van der Waals surface area contributed by atoms with Gasteiger partial charge in [-0.1, -0.05) is 0 Å². The first-order chi connectivity index (χ1) is 10.9. The van der Waals surface area contributed by atoms with Crippen LogP contribution in [0.3, 0.4) is 0 Å². The van der Waals surface area contributed by atoms with Crippen LogP contribution in [-0.2, 0) is 16.4 Å². The molecule has 23 heavy (non-hydrogen) atoms. The van der Waals surface area contributed by atoms with Gasteiger partial charge < -0.3 is 10.6 Å². The molecular weight excluding hydrogens is 314 g/mol. The van der Waals surface area contributed by atoms with Crippen LogP contribution < -0.4 is 14.9 Å². The minimum atomic E-state index is -3.27. The van der Waals surface area contributed by atoms with E-state index in [-0.39, 0.29) is 11.9 Å². The number of piperidine rings is 1. The molecule has 0 saturated carbocycles. The van der Waals surface area contributed by atoms with E-state index in [1.165, 1.54) is 10.6 Å². The van der Waals surface area contributed by atoms with Gasteiger partial charge in [0.25, 0.3) is 5.91 Å². The zero-order chi connectivity index (χ0) is 16.4. The summed E-state index contributed by atoms with van der Waals surface area (Å²) in [5.41, 5.74) is 2.23. The smallest absolute Gasteiger partial charge is 0.251 e. The van der Waals surface area contributed by atoms with E-state index in [0.717, 1.165) is 44.3 Å². The average molecular weight is 337 g/mol. The van der Waals surface area contributed by atoms with Crippen molar-refractivity contribution < 1.29 is 13.2 Å². The Morgan fingerprint density at radius 1 is 1.35 bits per heavy atom. The normalized spacial score (nSPS) is 21.6. The second-order valence-electron chi connectivity index (χ2n) is 6.30. The fraction of sp³-hybridized carbons (Fsp3) is 0.562. The van der Waals surface area contributed by atoms with Crippen molar-refractivity contribution in [3.05, 3.63) is 29.3 Å². The number of hydrogen-bond donors (Lipinski definition) is 2. The van der Waals surface area contributed by atoms with E-state index in [0.29, 0.717) is 17.8 Å². The number of nitrogens with zero attached hydrogens (tertiary/aromatic N) is 1. The molecule has 3 rings (SSSR count). The number of aryl methyl sites for hydroxylation is 1. The van der Waals surface area contributed by atoms with Crippen molar-refractivity contribution in [2.24, 2.45) is 0 Å². The fourth-order valence-corrected chi connectivity index (χ4v) is 4.29. The quantitative estimate of drug-likeness (QED) is 0.858. The van der Waals surface area contributed by atoms with Gasteiger partial charge in [0.2, 0.25) is 10.0 Å². The van der Waals surface area contributed by atoms with Gasteiger partial charge in [-0.15, -0.1) is 0 Å². The Bertz CT molecular complexity index is 697. The predicted molar refractivity (Wildman–Crippen MR) is 90.3 cm³/mol. The molecule has 1 atom stereocenters. The molecule has 0 aromatic heterocycles. The summed E-state index contributed by atoms with van der Waals surface area (Å²) < 4.78 is 25.2. The summed E-state index contributed by atoms with van der Waals surface area (Å²) in [5.74, 6) is -0.0852. The fourth-order valence-electron chi connectivity index (χ4n) is 3.29. The molecule has 0 spiro atoms. The minimum absolute atomic E-state index is 0.0852. The van der Waals surface area contributed by atoms with Crippen molar-refractivity contribution in [3.8, 4) is 0 Å². The second kappa shape index (κ2) is 6.49. The molecule has 1 aromatic carbocycles. The summed E-state index contributed by atoms with van der Waals surface area (Å²) >= 11 is 0. The Kier molecular flexibility index (Phi) is 4.59. The average Bonchev–Trinajstić information content (AvgIpc) is 2.53. The van der Waals surface area contributed by atoms with E-state index in [2.05, 4.69) is 10.6 Å². The Morgan fingerprint density at radius 2 is 2.17 bits per heavy atom. The van der Waals surface area contributed by atoms with Crippen molar-refractivity contribution in [1.82, 2.24) is 10.6 Å². The number of rotatable bonds is 3. The molecule has 6 nitrogen and oxygen atoms in total. The number of benzene rings is 1. The Balaban J connectivity index is 1.79. The van der Waals surface area contributed by atoms with E-state index < -0.39 is 10.0 Å². The first-order valence-corrected chi connectivity index (χ1v) is 9.92. The Hall–Kier alpha value is -1.60. The van der Waals surface area contributed by atoms with Crippen LogP contribution >= 0.6 is 0 Å². The highest BCUT2D eigenvalue weighted by molar-refractivity contribution is 7.92. The second-order valence-corrected chi connectivity index (χ2v) is 8.21. The summed E-state index contributed by atoms with van der Waals surface area (Å²) in [6, 6.07) is 5.47. The summed E-state index contributed by atoms with van der Waals surface area (Å²) in [7, 11) is -3.27. The number of hydrogen-bond acceptors (Lipinski definition) is 4. The lowest BCUT2D eigenvalue weighted by molar-refractivity contribution is 0.0930. The summed E-state index contributed by atoms with van der Waals surface area (Å²) in [6.07, 6.45) is 4.86. The topological polar surface area (TPSA) is 78.5 Å². The number of nitrogens with one attached hydrogen (secondary N) is 2. The molecule has 0 aliphatic carbocycles. The van der Waals surface area contributed by atoms with Crippen LogP contribution in [0.15, 0.2) is 18.2 Å². The minimum Gasteiger partial charge on any atom is -0.348 e. The van der Waals surface area contributed by atoms with Gasteiger partial charge >= 0.3 is 0 Å². The number of anilines is 1. The summed E-state index contributed by atoms with van der Waals surface area (Å²) in [4.78, 5) is 12.4. The lowest BCUT2D eigenvalue weighted by Crippen LogP contribution is -2.45. The van der Waals surface area contributed by atoms with Crippen LogP contribution in [0.25, 0.3) is 0 Å². The molecular formula is C16H23N3O3S. The molecule has 2 N–H and O–H groups in total. The van der Waals surface area contributed by atoms with Crippen molar-refractivity contribution in [2.75, 3.05) is 30.2 Å². The molecule has 2 heterocycles. The third kappa shape index (κ3) is 3.67. The molecule has 7 heteroatoms. The van der Waals surface area contributed by atoms with Crippen molar-refractivity contribution >= 4 is 21.6 Å². The SMILES string of the molecule is CS(=O)(=O)N1CCCc2cc(C(=O)NC3CCCNC3)ccc21. The van der Waals surface area contributed by atoms with E-state index in [4.69, 9.17) is 0 Å². The third-order valence-electron chi connectivity index (χ3n) is 4.45. The third-order valence-corrected chi connectivity index (χ3v) is 5.63. The number of carbonyl (C=O) groups is 1. The van der Waals surface area contributed by atoms with Gasteiger partial charge in [0.15, 0.2) is 0 Å². The van der Waals surface area contributed by atoms with Crippen LogP contribution in [0.1, 0.15) is 35.2 Å². The van der Waals surface area contributed by atoms with Crippen LogP contribution in [0.4, 0.5) is 5.69 Å². The van der Waals surface area contributed by atoms with E-state index in [9.17, 15) is 13.2 Å². The molecule has 126 valence electrons. The zero-order valence-electron chi connectivity index (χ0n) is 13.3. The molecule has 1 fully saturated rings. The Morgan fingerprint density at radius 3 is 2.87 bits per heavy atom. The molecule has 2 aliphatic heterocycles. The lowest BCUT2D eigenvalue weighted by atomic mass is 10.00. The van der Waals surface area contributed by atoms with Crippen LogP contribution in [0.5, 0.6) is 0 Å². The molecule has 1 amide bonds. The van der Waals surface area contributed by atoms with Crippen molar-refractivity contribution in [1.29, 1.82) is 0 Å². The summed E-state index contributed by atoms with van der Waals surface area (Å²) in [5, 5.41) is 6.33. The first kappa shape index (κ1) is 16.3. The highest BCUT2D eigenvalue weighted by atomic mass is 32.2.